The third-order valence-corrected chi connectivity index (χ3v) is 10.1. The molecule has 38 heavy (non-hydrogen) atoms. The highest BCUT2D eigenvalue weighted by molar-refractivity contribution is 5.99. The molecule has 4 atom stereocenters. The number of carbonyl (C=O) groups excluding carboxylic acids is 2. The molecule has 3 heterocycles. The molecule has 2 bridgehead atoms. The van der Waals surface area contributed by atoms with E-state index in [1.54, 1.807) is 6.07 Å². The van der Waals surface area contributed by atoms with E-state index in [0.717, 1.165) is 24.2 Å². The molecule has 0 radical (unpaired) electrons. The van der Waals surface area contributed by atoms with E-state index in [-0.39, 0.29) is 61.3 Å². The van der Waals surface area contributed by atoms with Crippen LogP contribution in [0.25, 0.3) is 0 Å². The van der Waals surface area contributed by atoms with Crippen molar-refractivity contribution in [3.63, 3.8) is 0 Å². The normalized spacial score (nSPS) is 34.8. The second kappa shape index (κ2) is 8.09. The summed E-state index contributed by atoms with van der Waals surface area (Å²) in [4.78, 5) is 29.0. The van der Waals surface area contributed by atoms with Crippen molar-refractivity contribution >= 4 is 11.9 Å². The summed E-state index contributed by atoms with van der Waals surface area (Å²) in [6.07, 6.45) is 2.84. The van der Waals surface area contributed by atoms with Crippen molar-refractivity contribution in [2.24, 2.45) is 5.92 Å². The molecule has 0 aromatic heterocycles. The Morgan fingerprint density at radius 3 is 2.66 bits per heavy atom. The van der Waals surface area contributed by atoms with Crippen LogP contribution in [0.4, 0.5) is 0 Å². The molecule has 3 aliphatic heterocycles. The van der Waals surface area contributed by atoms with E-state index >= 15 is 0 Å². The topological polar surface area (TPSA) is 138 Å². The van der Waals surface area contributed by atoms with Gasteiger partial charge in [0.15, 0.2) is 17.6 Å². The molecule has 1 aromatic carbocycles. The third-order valence-electron chi connectivity index (χ3n) is 10.1. The molecular weight excluding hydrogens is 492 g/mol. The number of piperidine rings is 1. The van der Waals surface area contributed by atoms with Crippen LogP contribution in [-0.2, 0) is 30.9 Å². The zero-order valence-electron chi connectivity index (χ0n) is 21.5. The van der Waals surface area contributed by atoms with Crippen molar-refractivity contribution in [2.75, 3.05) is 33.4 Å². The maximum atomic E-state index is 13.8. The molecule has 1 amide bonds. The molecule has 6 aliphatic rings. The lowest BCUT2D eigenvalue weighted by atomic mass is 9.49. The van der Waals surface area contributed by atoms with Gasteiger partial charge in [-0.15, -0.1) is 0 Å². The predicted octanol–water partition coefficient (Wildman–Crippen LogP) is 1.22. The van der Waals surface area contributed by atoms with Gasteiger partial charge >= 0.3 is 5.97 Å². The fourth-order valence-electron chi connectivity index (χ4n) is 7.96. The van der Waals surface area contributed by atoms with Crippen LogP contribution in [0.1, 0.15) is 49.7 Å². The largest absolute Gasteiger partial charge is 0.508 e. The average Bonchev–Trinajstić information content (AvgIpc) is 3.65. The van der Waals surface area contributed by atoms with Crippen LogP contribution >= 0.6 is 0 Å². The van der Waals surface area contributed by atoms with Gasteiger partial charge in [-0.25, -0.2) is 4.79 Å². The minimum Gasteiger partial charge on any atom is -0.508 e. The average molecular weight is 527 g/mol. The Morgan fingerprint density at radius 2 is 1.95 bits per heavy atom. The minimum atomic E-state index is -1.41. The zero-order valence-corrected chi connectivity index (χ0v) is 21.5. The number of hydrogen-bond acceptors (Lipinski definition) is 9. The van der Waals surface area contributed by atoms with E-state index < -0.39 is 34.5 Å². The Balaban J connectivity index is 1.33. The zero-order chi connectivity index (χ0) is 26.4. The highest BCUT2D eigenvalue weighted by atomic mass is 16.5. The van der Waals surface area contributed by atoms with Crippen molar-refractivity contribution in [3.8, 4) is 11.5 Å². The quantitative estimate of drug-likeness (QED) is 0.417. The van der Waals surface area contributed by atoms with Crippen LogP contribution in [-0.4, -0.2) is 88.8 Å². The van der Waals surface area contributed by atoms with E-state index in [2.05, 4.69) is 10.2 Å². The first kappa shape index (κ1) is 24.2. The van der Waals surface area contributed by atoms with Gasteiger partial charge in [0.05, 0.1) is 23.7 Å². The van der Waals surface area contributed by atoms with Crippen LogP contribution in [0, 0.1) is 5.92 Å². The summed E-state index contributed by atoms with van der Waals surface area (Å²) in [7, 11) is 1.28. The number of aromatic hydroxyl groups is 1. The molecule has 7 rings (SSSR count). The van der Waals surface area contributed by atoms with E-state index in [0.29, 0.717) is 18.8 Å². The number of aliphatic hydroxyl groups excluding tert-OH is 1. The van der Waals surface area contributed by atoms with Gasteiger partial charge in [-0.05, 0) is 49.8 Å². The fraction of sp³-hybridized carbons (Fsp3) is 0.643. The predicted molar refractivity (Wildman–Crippen MR) is 133 cm³/mol. The Labute approximate surface area is 220 Å². The van der Waals surface area contributed by atoms with Crippen molar-refractivity contribution in [1.82, 2.24) is 10.2 Å². The van der Waals surface area contributed by atoms with Crippen molar-refractivity contribution in [1.29, 1.82) is 0 Å². The Kier molecular flexibility index (Phi) is 5.16. The van der Waals surface area contributed by atoms with Gasteiger partial charge in [0.1, 0.15) is 11.3 Å². The standard InChI is InChI=1S/C28H34N2O8/c1-36-25(34)26(7-10-37-11-8-26)29-24(33)17-13-28(35)19-12-16-4-5-18(31)22-20(16)27(28,23(38-22)21(17)32)6-9-30(19)14-15-2-3-15/h4-5,15,19,23,31-32,35H,2-3,6-14H2,1H3,(H,29,33)/t19-,23+,27+,28-/m1/s1. The summed E-state index contributed by atoms with van der Waals surface area (Å²) in [6.45, 7) is 2.19. The Bertz CT molecular complexity index is 1250. The highest BCUT2D eigenvalue weighted by Gasteiger charge is 2.73. The second-order valence-electron chi connectivity index (χ2n) is 11.9. The number of benzene rings is 1. The lowest BCUT2D eigenvalue weighted by Gasteiger charge is -2.62. The van der Waals surface area contributed by atoms with E-state index in [1.165, 1.54) is 20.0 Å². The van der Waals surface area contributed by atoms with Crippen LogP contribution in [0.3, 0.4) is 0 Å². The monoisotopic (exact) mass is 526 g/mol. The van der Waals surface area contributed by atoms with E-state index in [9.17, 15) is 24.9 Å². The molecule has 2 saturated heterocycles. The van der Waals surface area contributed by atoms with Crippen LogP contribution in [0.5, 0.6) is 11.5 Å². The van der Waals surface area contributed by atoms with Gasteiger partial charge in [0.25, 0.3) is 5.91 Å². The van der Waals surface area contributed by atoms with Crippen LogP contribution < -0.4 is 10.1 Å². The van der Waals surface area contributed by atoms with Gasteiger partial charge in [-0.3, -0.25) is 9.69 Å². The van der Waals surface area contributed by atoms with Crippen LogP contribution in [0.15, 0.2) is 23.5 Å². The molecule has 10 heteroatoms. The van der Waals surface area contributed by atoms with Gasteiger partial charge < -0.3 is 34.8 Å². The molecule has 1 saturated carbocycles. The SMILES string of the molecule is COC(=O)C1(NC(=O)C2=C(O)[C@@H]3Oc4c(O)ccc5c4[C@@]34CCN(CC3CC3)[C@H](C5)[C@]4(O)C2)CCOCC1. The van der Waals surface area contributed by atoms with E-state index in [1.807, 2.05) is 6.07 Å². The molecule has 204 valence electrons. The first-order chi connectivity index (χ1) is 18.2. The summed E-state index contributed by atoms with van der Waals surface area (Å²) in [5.41, 5.74) is -1.90. The van der Waals surface area contributed by atoms with Crippen molar-refractivity contribution in [3.05, 3.63) is 34.6 Å². The summed E-state index contributed by atoms with van der Waals surface area (Å²) < 4.78 is 16.7. The molecule has 1 aromatic rings. The maximum absolute atomic E-state index is 13.8. The number of phenols is 1. The first-order valence-electron chi connectivity index (χ1n) is 13.6. The summed E-state index contributed by atoms with van der Waals surface area (Å²) in [5, 5.41) is 37.9. The van der Waals surface area contributed by atoms with Gasteiger partial charge in [-0.1, -0.05) is 6.07 Å². The van der Waals surface area contributed by atoms with Crippen molar-refractivity contribution in [2.45, 2.75) is 73.6 Å². The summed E-state index contributed by atoms with van der Waals surface area (Å²) >= 11 is 0. The highest BCUT2D eigenvalue weighted by Crippen LogP contribution is 2.66. The Morgan fingerprint density at radius 1 is 1.18 bits per heavy atom. The fourth-order valence-corrected chi connectivity index (χ4v) is 7.96. The molecule has 1 spiro atoms. The number of amides is 1. The molecule has 10 nitrogen and oxygen atoms in total. The second-order valence-corrected chi connectivity index (χ2v) is 11.9. The maximum Gasteiger partial charge on any atom is 0.331 e. The molecule has 3 fully saturated rings. The number of carbonyl (C=O) groups is 2. The minimum absolute atomic E-state index is 0.0110. The van der Waals surface area contributed by atoms with Gasteiger partial charge in [-0.2, -0.15) is 0 Å². The number of methoxy groups -OCH3 is 1. The summed E-state index contributed by atoms with van der Waals surface area (Å²) in [6, 6.07) is 3.22. The van der Waals surface area contributed by atoms with Crippen molar-refractivity contribution < 1.29 is 39.1 Å². The molecular formula is C28H34N2O8. The number of nitrogens with zero attached hydrogens (tertiary/aromatic N) is 1. The first-order valence-corrected chi connectivity index (χ1v) is 13.6. The Hall–Kier alpha value is -2.82. The molecule has 4 N–H and O–H groups in total. The number of rotatable bonds is 5. The molecule has 0 unspecified atom stereocenters. The third kappa shape index (κ3) is 3.05. The van der Waals surface area contributed by atoms with Gasteiger partial charge in [0, 0.05) is 50.6 Å². The van der Waals surface area contributed by atoms with Crippen LogP contribution in [0.2, 0.25) is 0 Å². The lowest BCUT2D eigenvalue weighted by Crippen LogP contribution is -2.76. The number of phenolic OH excluding ortho intramolecular Hbond substituents is 1. The number of ether oxygens (including phenoxy) is 3. The number of likely N-dealkylation sites (tertiary alicyclic amines) is 1. The van der Waals surface area contributed by atoms with Gasteiger partial charge in [0.2, 0.25) is 0 Å². The number of nitrogens with one attached hydrogen (secondary N) is 1. The number of esters is 1. The molecule has 3 aliphatic carbocycles. The smallest absolute Gasteiger partial charge is 0.331 e. The van der Waals surface area contributed by atoms with E-state index in [4.69, 9.17) is 14.2 Å². The lowest BCUT2D eigenvalue weighted by molar-refractivity contribution is -0.173. The summed E-state index contributed by atoms with van der Waals surface area (Å²) in [5.74, 6) is -0.590. The number of aliphatic hydroxyl groups is 2. The number of hydrogen-bond donors (Lipinski definition) is 4.